The van der Waals surface area contributed by atoms with Crippen molar-refractivity contribution in [3.8, 4) is 5.75 Å². The molecule has 0 bridgehead atoms. The lowest BCUT2D eigenvalue weighted by molar-refractivity contribution is -0.120. The highest BCUT2D eigenvalue weighted by Crippen LogP contribution is 2.29. The van der Waals surface area contributed by atoms with Crippen molar-refractivity contribution >= 4 is 17.6 Å². The predicted octanol–water partition coefficient (Wildman–Crippen LogP) is 2.54. The second kappa shape index (κ2) is 7.26. The van der Waals surface area contributed by atoms with Crippen LogP contribution in [0.4, 0.5) is 5.69 Å². The maximum atomic E-state index is 11.9. The van der Waals surface area contributed by atoms with Crippen molar-refractivity contribution in [3.63, 3.8) is 0 Å². The average molecular weight is 307 g/mol. The van der Waals surface area contributed by atoms with E-state index < -0.39 is 5.97 Å². The number of hydrogen-bond donors (Lipinski definition) is 2. The number of carbonyl (C=O) groups is 2. The first-order valence-corrected chi connectivity index (χ1v) is 7.37. The summed E-state index contributed by atoms with van der Waals surface area (Å²) in [5.74, 6) is -0.355. The Morgan fingerprint density at radius 3 is 2.68 bits per heavy atom. The highest BCUT2D eigenvalue weighted by Gasteiger charge is 2.21. The molecule has 1 aliphatic rings. The van der Waals surface area contributed by atoms with Gasteiger partial charge in [0.25, 0.3) is 0 Å². The molecule has 0 atom stereocenters. The van der Waals surface area contributed by atoms with Crippen LogP contribution in [0.25, 0.3) is 0 Å². The van der Waals surface area contributed by atoms with Crippen molar-refractivity contribution in [3.05, 3.63) is 23.8 Å². The van der Waals surface area contributed by atoms with Gasteiger partial charge in [-0.15, -0.1) is 0 Å². The van der Waals surface area contributed by atoms with E-state index in [9.17, 15) is 9.59 Å². The van der Waals surface area contributed by atoms with E-state index in [1.165, 1.54) is 12.1 Å². The number of benzene rings is 1. The lowest BCUT2D eigenvalue weighted by Gasteiger charge is -2.15. The van der Waals surface area contributed by atoms with E-state index in [0.717, 1.165) is 12.8 Å². The summed E-state index contributed by atoms with van der Waals surface area (Å²) >= 11 is 0. The van der Waals surface area contributed by atoms with Gasteiger partial charge in [-0.1, -0.05) is 0 Å². The van der Waals surface area contributed by atoms with Gasteiger partial charge in [0.1, 0.15) is 12.4 Å². The van der Waals surface area contributed by atoms with Gasteiger partial charge in [-0.25, -0.2) is 4.79 Å². The number of carboxylic acid groups (broad SMARTS) is 1. The number of ether oxygens (including phenoxy) is 2. The molecule has 1 fully saturated rings. The smallest absolute Gasteiger partial charge is 0.335 e. The molecule has 0 heterocycles. The maximum Gasteiger partial charge on any atom is 0.335 e. The first-order valence-electron chi connectivity index (χ1n) is 7.37. The summed E-state index contributed by atoms with van der Waals surface area (Å²) in [4.78, 5) is 22.9. The lowest BCUT2D eigenvalue weighted by atomic mass is 10.2. The van der Waals surface area contributed by atoms with E-state index in [0.29, 0.717) is 24.0 Å². The van der Waals surface area contributed by atoms with Crippen molar-refractivity contribution in [1.82, 2.24) is 0 Å². The first-order chi connectivity index (χ1) is 10.5. The zero-order valence-electron chi connectivity index (χ0n) is 12.8. The molecule has 1 aliphatic carbocycles. The molecule has 1 aromatic rings. The molecule has 0 spiro atoms. The number of hydrogen-bond acceptors (Lipinski definition) is 4. The molecule has 6 nitrogen and oxygen atoms in total. The molecule has 1 aromatic carbocycles. The number of carbonyl (C=O) groups excluding carboxylic acids is 1. The van der Waals surface area contributed by atoms with Crippen LogP contribution in [0.15, 0.2) is 18.2 Å². The summed E-state index contributed by atoms with van der Waals surface area (Å²) in [6, 6.07) is 4.38. The molecule has 6 heteroatoms. The van der Waals surface area contributed by atoms with Crippen LogP contribution in [0.2, 0.25) is 0 Å². The third kappa shape index (κ3) is 5.04. The van der Waals surface area contributed by atoms with E-state index in [1.54, 1.807) is 6.07 Å². The molecule has 1 saturated carbocycles. The topological polar surface area (TPSA) is 84.9 Å². The molecule has 0 saturated heterocycles. The normalized spacial score (nSPS) is 14.0. The molecule has 1 amide bonds. The van der Waals surface area contributed by atoms with Crippen LogP contribution in [0.1, 0.15) is 37.0 Å². The Labute approximate surface area is 129 Å². The Bertz CT molecular complexity index is 551. The second-order valence-corrected chi connectivity index (χ2v) is 5.69. The van der Waals surface area contributed by atoms with Crippen LogP contribution in [-0.4, -0.2) is 36.3 Å². The lowest BCUT2D eigenvalue weighted by Crippen LogP contribution is -2.20. The fraction of sp³-hybridized carbons (Fsp3) is 0.500. The number of rotatable bonds is 8. The number of carboxylic acids is 1. The minimum absolute atomic E-state index is 0.0467. The molecule has 0 aliphatic heterocycles. The molecular formula is C16H21NO5. The zero-order chi connectivity index (χ0) is 16.1. The van der Waals surface area contributed by atoms with Crippen LogP contribution in [0.3, 0.4) is 0 Å². The predicted molar refractivity (Wildman–Crippen MR) is 81.3 cm³/mol. The quantitative estimate of drug-likeness (QED) is 0.771. The monoisotopic (exact) mass is 307 g/mol. The highest BCUT2D eigenvalue weighted by molar-refractivity contribution is 5.96. The minimum Gasteiger partial charge on any atom is -0.489 e. The van der Waals surface area contributed by atoms with Crippen molar-refractivity contribution < 1.29 is 24.2 Å². The Balaban J connectivity index is 2.02. The molecule has 2 rings (SSSR count). The van der Waals surface area contributed by atoms with Gasteiger partial charge in [-0.3, -0.25) is 4.79 Å². The van der Waals surface area contributed by atoms with Gasteiger partial charge in [0.2, 0.25) is 5.91 Å². The number of anilines is 1. The summed E-state index contributed by atoms with van der Waals surface area (Å²) in [5.41, 5.74) is 0.430. The summed E-state index contributed by atoms with van der Waals surface area (Å²) < 4.78 is 10.9. The van der Waals surface area contributed by atoms with Crippen LogP contribution < -0.4 is 10.1 Å². The van der Waals surface area contributed by atoms with Crippen LogP contribution in [0, 0.1) is 5.92 Å². The zero-order valence-corrected chi connectivity index (χ0v) is 12.8. The molecule has 0 aromatic heterocycles. The van der Waals surface area contributed by atoms with Crippen molar-refractivity contribution in [2.75, 3.05) is 18.5 Å². The van der Waals surface area contributed by atoms with E-state index in [1.807, 2.05) is 13.8 Å². The Morgan fingerprint density at radius 1 is 1.36 bits per heavy atom. The fourth-order valence-corrected chi connectivity index (χ4v) is 1.91. The molecule has 22 heavy (non-hydrogen) atoms. The van der Waals surface area contributed by atoms with Gasteiger partial charge in [-0.2, -0.15) is 0 Å². The standard InChI is InChI=1S/C16H21NO5/c1-10(2)22-14-6-5-12(16(19)20)7-13(14)17-15(18)9-21-8-11-3-4-11/h5-7,10-11H,3-4,8-9H2,1-2H3,(H,17,18)(H,19,20). The molecule has 2 N–H and O–H groups in total. The Morgan fingerprint density at radius 2 is 2.09 bits per heavy atom. The Kier molecular flexibility index (Phi) is 5.38. The van der Waals surface area contributed by atoms with Gasteiger partial charge in [0, 0.05) is 0 Å². The second-order valence-electron chi connectivity index (χ2n) is 5.69. The van der Waals surface area contributed by atoms with E-state index in [4.69, 9.17) is 14.6 Å². The van der Waals surface area contributed by atoms with Crippen molar-refractivity contribution in [2.24, 2.45) is 5.92 Å². The molecule has 0 unspecified atom stereocenters. The van der Waals surface area contributed by atoms with Crippen LogP contribution in [0.5, 0.6) is 5.75 Å². The highest BCUT2D eigenvalue weighted by atomic mass is 16.5. The van der Waals surface area contributed by atoms with Crippen molar-refractivity contribution in [1.29, 1.82) is 0 Å². The van der Waals surface area contributed by atoms with E-state index in [-0.39, 0.29) is 24.2 Å². The van der Waals surface area contributed by atoms with Gasteiger partial charge >= 0.3 is 5.97 Å². The molecule has 0 radical (unpaired) electrons. The number of amides is 1. The van der Waals surface area contributed by atoms with Crippen molar-refractivity contribution in [2.45, 2.75) is 32.8 Å². The van der Waals surface area contributed by atoms with E-state index >= 15 is 0 Å². The van der Waals surface area contributed by atoms with Gasteiger partial charge in [-0.05, 0) is 50.8 Å². The van der Waals surface area contributed by atoms with E-state index in [2.05, 4.69) is 5.32 Å². The first kappa shape index (κ1) is 16.3. The summed E-state index contributed by atoms with van der Waals surface area (Å²) in [5, 5.41) is 11.7. The Hall–Kier alpha value is -2.08. The number of aromatic carboxylic acids is 1. The van der Waals surface area contributed by atoms with Crippen LogP contribution >= 0.6 is 0 Å². The molecular weight excluding hydrogens is 286 g/mol. The minimum atomic E-state index is -1.06. The molecule has 120 valence electrons. The summed E-state index contributed by atoms with van der Waals surface area (Å²) in [6.45, 7) is 4.26. The number of nitrogens with one attached hydrogen (secondary N) is 1. The summed E-state index contributed by atoms with van der Waals surface area (Å²) in [7, 11) is 0. The van der Waals surface area contributed by atoms with Gasteiger partial charge in [0.15, 0.2) is 0 Å². The third-order valence-corrected chi connectivity index (χ3v) is 3.15. The fourth-order valence-electron chi connectivity index (χ4n) is 1.91. The third-order valence-electron chi connectivity index (χ3n) is 3.15. The summed E-state index contributed by atoms with van der Waals surface area (Å²) in [6.07, 6.45) is 2.24. The maximum absolute atomic E-state index is 11.9. The van der Waals surface area contributed by atoms with Gasteiger partial charge < -0.3 is 19.9 Å². The SMILES string of the molecule is CC(C)Oc1ccc(C(=O)O)cc1NC(=O)COCC1CC1. The van der Waals surface area contributed by atoms with Crippen LogP contribution in [-0.2, 0) is 9.53 Å². The largest absolute Gasteiger partial charge is 0.489 e. The average Bonchev–Trinajstić information content (AvgIpc) is 3.24. The van der Waals surface area contributed by atoms with Gasteiger partial charge in [0.05, 0.1) is 24.0 Å².